The van der Waals surface area contributed by atoms with Crippen LogP contribution in [0.25, 0.3) is 0 Å². The highest BCUT2D eigenvalue weighted by molar-refractivity contribution is 5.96. The van der Waals surface area contributed by atoms with Crippen LogP contribution in [-0.2, 0) is 28.8 Å². The summed E-state index contributed by atoms with van der Waals surface area (Å²) in [6, 6.07) is -6.15. The number of nitrogens with zero attached hydrogens (tertiary/aromatic N) is 1. The van der Waals surface area contributed by atoms with E-state index in [4.69, 9.17) is 21.1 Å². The molecule has 14 nitrogen and oxygen atoms in total. The van der Waals surface area contributed by atoms with Gasteiger partial charge in [0.2, 0.25) is 23.6 Å². The van der Waals surface area contributed by atoms with Crippen molar-refractivity contribution in [3.8, 4) is 0 Å². The predicted octanol–water partition coefficient (Wildman–Crippen LogP) is -2.62. The van der Waals surface area contributed by atoms with E-state index in [1.165, 1.54) is 11.8 Å². The zero-order valence-corrected chi connectivity index (χ0v) is 20.0. The quantitative estimate of drug-likeness (QED) is 0.139. The number of nitrogens with one attached hydrogen (secondary N) is 3. The molecule has 0 spiro atoms. The molecule has 0 radical (unpaired) electrons. The van der Waals surface area contributed by atoms with Gasteiger partial charge in [-0.1, -0.05) is 20.3 Å². The van der Waals surface area contributed by atoms with Crippen LogP contribution >= 0.6 is 0 Å². The lowest BCUT2D eigenvalue weighted by Gasteiger charge is -2.29. The fourth-order valence-corrected chi connectivity index (χ4v) is 3.55. The summed E-state index contributed by atoms with van der Waals surface area (Å²) in [5, 5.41) is 34.1. The Morgan fingerprint density at radius 3 is 2.14 bits per heavy atom. The van der Waals surface area contributed by atoms with Gasteiger partial charge in [-0.05, 0) is 25.7 Å². The van der Waals surface area contributed by atoms with Crippen molar-refractivity contribution in [2.45, 2.75) is 76.7 Å². The first-order valence-corrected chi connectivity index (χ1v) is 11.4. The van der Waals surface area contributed by atoms with Gasteiger partial charge in [0.05, 0.1) is 19.1 Å². The third-order valence-electron chi connectivity index (χ3n) is 5.94. The molecule has 1 fully saturated rings. The normalized spacial score (nSPS) is 19.6. The zero-order chi connectivity index (χ0) is 26.9. The molecule has 0 aromatic carbocycles. The molecular formula is C21H35N5O9. The molecule has 198 valence electrons. The second kappa shape index (κ2) is 13.6. The third kappa shape index (κ3) is 8.47. The Balaban J connectivity index is 2.87. The second-order valence-electron chi connectivity index (χ2n) is 8.57. The fraction of sp³-hybridized carbons (Fsp3) is 0.714. The molecule has 1 heterocycles. The zero-order valence-electron chi connectivity index (χ0n) is 20.0. The second-order valence-corrected chi connectivity index (χ2v) is 8.57. The van der Waals surface area contributed by atoms with Crippen LogP contribution in [0.5, 0.6) is 0 Å². The number of rotatable bonds is 13. The summed E-state index contributed by atoms with van der Waals surface area (Å²) in [6.07, 6.45) is 0.554. The van der Waals surface area contributed by atoms with Gasteiger partial charge >= 0.3 is 11.9 Å². The van der Waals surface area contributed by atoms with Crippen molar-refractivity contribution in [2.75, 3.05) is 13.2 Å². The molecule has 1 aliphatic heterocycles. The Morgan fingerprint density at radius 1 is 1.00 bits per heavy atom. The molecule has 35 heavy (non-hydrogen) atoms. The van der Waals surface area contributed by atoms with Gasteiger partial charge in [0.1, 0.15) is 24.2 Å². The van der Waals surface area contributed by atoms with E-state index in [2.05, 4.69) is 16.0 Å². The first kappa shape index (κ1) is 29.8. The molecule has 1 saturated heterocycles. The van der Waals surface area contributed by atoms with Gasteiger partial charge in [0, 0.05) is 6.54 Å². The molecule has 1 aliphatic rings. The van der Waals surface area contributed by atoms with Crippen LogP contribution in [0.15, 0.2) is 0 Å². The number of carbonyl (C=O) groups excluding carboxylic acids is 4. The maximum Gasteiger partial charge on any atom is 0.328 e. The van der Waals surface area contributed by atoms with Gasteiger partial charge in [-0.2, -0.15) is 0 Å². The van der Waals surface area contributed by atoms with Crippen LogP contribution in [-0.4, -0.2) is 99.1 Å². The van der Waals surface area contributed by atoms with Gasteiger partial charge in [0.15, 0.2) is 0 Å². The van der Waals surface area contributed by atoms with Crippen molar-refractivity contribution in [1.82, 2.24) is 20.9 Å². The smallest absolute Gasteiger partial charge is 0.328 e. The Hall–Kier alpha value is -3.26. The SMILES string of the molecule is CC[C@H](C)[C@H](N)C(=O)N[C@@H](CC(=O)O)C(=O)N[C@@H](C)C(=O)N1CCC[C@H]1C(=O)N[C@@H](CO)C(=O)O. The molecule has 0 aliphatic carbocycles. The van der Waals surface area contributed by atoms with Crippen LogP contribution in [0.3, 0.4) is 0 Å². The lowest BCUT2D eigenvalue weighted by Crippen LogP contribution is -2.58. The van der Waals surface area contributed by atoms with Crippen LogP contribution in [0, 0.1) is 5.92 Å². The summed E-state index contributed by atoms with van der Waals surface area (Å²) in [5.41, 5.74) is 5.85. The predicted molar refractivity (Wildman–Crippen MR) is 121 cm³/mol. The molecule has 4 amide bonds. The molecule has 0 saturated carbocycles. The first-order valence-electron chi connectivity index (χ1n) is 11.4. The van der Waals surface area contributed by atoms with Crippen LogP contribution in [0.2, 0.25) is 0 Å². The number of nitrogens with two attached hydrogens (primary N) is 1. The summed E-state index contributed by atoms with van der Waals surface area (Å²) in [4.78, 5) is 73.9. The van der Waals surface area contributed by atoms with E-state index in [1.807, 2.05) is 6.92 Å². The molecule has 0 aromatic heterocycles. The number of likely N-dealkylation sites (tertiary alicyclic amines) is 1. The molecule has 6 atom stereocenters. The molecule has 0 bridgehead atoms. The lowest BCUT2D eigenvalue weighted by atomic mass is 9.99. The number of aliphatic carboxylic acids is 2. The topological polar surface area (TPSA) is 228 Å². The van der Waals surface area contributed by atoms with E-state index >= 15 is 0 Å². The lowest BCUT2D eigenvalue weighted by molar-refractivity contribution is -0.145. The number of aliphatic hydroxyl groups excluding tert-OH is 1. The summed E-state index contributed by atoms with van der Waals surface area (Å²) >= 11 is 0. The van der Waals surface area contributed by atoms with Gasteiger partial charge in [-0.15, -0.1) is 0 Å². The van der Waals surface area contributed by atoms with E-state index in [0.29, 0.717) is 12.8 Å². The largest absolute Gasteiger partial charge is 0.481 e. The maximum absolute atomic E-state index is 12.9. The molecule has 0 unspecified atom stereocenters. The number of amides is 4. The summed E-state index contributed by atoms with van der Waals surface area (Å²) in [6.45, 7) is 4.24. The maximum atomic E-state index is 12.9. The Kier molecular flexibility index (Phi) is 11.6. The van der Waals surface area contributed by atoms with Crippen molar-refractivity contribution in [1.29, 1.82) is 0 Å². The Labute approximate surface area is 202 Å². The molecule has 0 aromatic rings. The van der Waals surface area contributed by atoms with Crippen LogP contribution in [0.1, 0.15) is 46.5 Å². The Morgan fingerprint density at radius 2 is 1.63 bits per heavy atom. The van der Waals surface area contributed by atoms with Crippen LogP contribution in [0.4, 0.5) is 0 Å². The van der Waals surface area contributed by atoms with Gasteiger partial charge < -0.3 is 41.9 Å². The van der Waals surface area contributed by atoms with E-state index in [9.17, 15) is 28.8 Å². The van der Waals surface area contributed by atoms with Gasteiger partial charge in [-0.25, -0.2) is 4.79 Å². The van der Waals surface area contributed by atoms with E-state index < -0.39 is 78.8 Å². The van der Waals surface area contributed by atoms with Crippen LogP contribution < -0.4 is 21.7 Å². The first-order chi connectivity index (χ1) is 16.3. The van der Waals surface area contributed by atoms with E-state index in [-0.39, 0.29) is 18.9 Å². The number of carboxylic acid groups (broad SMARTS) is 2. The third-order valence-corrected chi connectivity index (χ3v) is 5.94. The highest BCUT2D eigenvalue weighted by Gasteiger charge is 2.38. The number of carboxylic acids is 2. The highest BCUT2D eigenvalue weighted by Crippen LogP contribution is 2.19. The monoisotopic (exact) mass is 501 g/mol. The number of hydrogen-bond donors (Lipinski definition) is 7. The number of aliphatic hydroxyl groups is 1. The van der Waals surface area contributed by atoms with Crippen molar-refractivity contribution >= 4 is 35.6 Å². The fourth-order valence-electron chi connectivity index (χ4n) is 3.55. The minimum absolute atomic E-state index is 0.174. The minimum Gasteiger partial charge on any atom is -0.481 e. The molecule has 14 heteroatoms. The molecule has 1 rings (SSSR count). The van der Waals surface area contributed by atoms with Crippen molar-refractivity contribution in [2.24, 2.45) is 11.7 Å². The van der Waals surface area contributed by atoms with Gasteiger partial charge in [0.25, 0.3) is 0 Å². The minimum atomic E-state index is -1.53. The Bertz CT molecular complexity index is 821. The van der Waals surface area contributed by atoms with E-state index in [0.717, 1.165) is 0 Å². The highest BCUT2D eigenvalue weighted by atomic mass is 16.4. The standard InChI is InChI=1S/C21H35N5O9/c1-4-10(2)16(22)19(32)24-12(8-15(28)29)17(30)23-11(3)20(33)26-7-5-6-14(26)18(31)25-13(9-27)21(34)35/h10-14,16,27H,4-9,22H2,1-3H3,(H,23,30)(H,24,32)(H,25,31)(H,28,29)(H,34,35)/t10-,11-,12-,13-,14-,16-/m0/s1. The van der Waals surface area contributed by atoms with E-state index in [1.54, 1.807) is 6.92 Å². The number of carbonyl (C=O) groups is 6. The van der Waals surface area contributed by atoms with Crippen molar-refractivity contribution in [3.63, 3.8) is 0 Å². The average molecular weight is 502 g/mol. The van der Waals surface area contributed by atoms with Crippen molar-refractivity contribution in [3.05, 3.63) is 0 Å². The average Bonchev–Trinajstić information content (AvgIpc) is 3.29. The summed E-state index contributed by atoms with van der Waals surface area (Å²) in [7, 11) is 0. The summed E-state index contributed by atoms with van der Waals surface area (Å²) < 4.78 is 0. The molecular weight excluding hydrogens is 466 g/mol. The molecule has 8 N–H and O–H groups in total. The number of hydrogen-bond acceptors (Lipinski definition) is 8. The summed E-state index contributed by atoms with van der Waals surface area (Å²) in [5.74, 6) is -6.02. The van der Waals surface area contributed by atoms with Crippen molar-refractivity contribution < 1.29 is 44.1 Å². The van der Waals surface area contributed by atoms with Gasteiger partial charge in [-0.3, -0.25) is 24.0 Å².